The van der Waals surface area contributed by atoms with Crippen molar-refractivity contribution in [3.05, 3.63) is 40.7 Å². The molecule has 2 aromatic rings. The summed E-state index contributed by atoms with van der Waals surface area (Å²) in [6.07, 6.45) is 4.17. The van der Waals surface area contributed by atoms with E-state index < -0.39 is 0 Å². The summed E-state index contributed by atoms with van der Waals surface area (Å²) in [5.41, 5.74) is 2.23. The van der Waals surface area contributed by atoms with Gasteiger partial charge in [-0.1, -0.05) is 37.7 Å². The van der Waals surface area contributed by atoms with Gasteiger partial charge in [0.1, 0.15) is 10.5 Å². The highest BCUT2D eigenvalue weighted by molar-refractivity contribution is 7.98. The van der Waals surface area contributed by atoms with E-state index in [1.165, 1.54) is 4.90 Å². The standard InChI is InChI=1S/C14H16N2S2/c1-3-4-11-9-13(17)16-14(15-11)10-5-7-12(18-2)8-6-10/h5-9H,3-4H2,1-2H3,(H,15,16,17). The van der Waals surface area contributed by atoms with E-state index in [1.54, 1.807) is 11.8 Å². The van der Waals surface area contributed by atoms with Gasteiger partial charge in [-0.25, -0.2) is 4.98 Å². The molecule has 0 unspecified atom stereocenters. The Morgan fingerprint density at radius 1 is 1.28 bits per heavy atom. The van der Waals surface area contributed by atoms with E-state index >= 15 is 0 Å². The zero-order chi connectivity index (χ0) is 13.0. The number of rotatable bonds is 4. The van der Waals surface area contributed by atoms with E-state index in [2.05, 4.69) is 47.4 Å². The van der Waals surface area contributed by atoms with Crippen LogP contribution in [0.4, 0.5) is 0 Å². The normalized spacial score (nSPS) is 10.6. The van der Waals surface area contributed by atoms with Crippen LogP contribution in [0.15, 0.2) is 35.2 Å². The maximum absolute atomic E-state index is 5.21. The van der Waals surface area contributed by atoms with Crippen molar-refractivity contribution in [2.75, 3.05) is 6.26 Å². The van der Waals surface area contributed by atoms with Gasteiger partial charge in [0.25, 0.3) is 0 Å². The molecule has 4 heteroatoms. The summed E-state index contributed by atoms with van der Waals surface area (Å²) in [7, 11) is 0. The van der Waals surface area contributed by atoms with Gasteiger partial charge < -0.3 is 4.98 Å². The Kier molecular flexibility index (Phi) is 4.55. The van der Waals surface area contributed by atoms with Gasteiger partial charge in [0.05, 0.1) is 0 Å². The Balaban J connectivity index is 2.39. The van der Waals surface area contributed by atoms with Crippen molar-refractivity contribution in [1.29, 1.82) is 0 Å². The molecular weight excluding hydrogens is 260 g/mol. The van der Waals surface area contributed by atoms with Gasteiger partial charge in [0.2, 0.25) is 0 Å². The Labute approximate surface area is 117 Å². The maximum atomic E-state index is 5.21. The highest BCUT2D eigenvalue weighted by Crippen LogP contribution is 2.20. The van der Waals surface area contributed by atoms with Crippen molar-refractivity contribution in [3.63, 3.8) is 0 Å². The van der Waals surface area contributed by atoms with Gasteiger partial charge in [0.15, 0.2) is 0 Å². The highest BCUT2D eigenvalue weighted by Gasteiger charge is 2.02. The molecule has 0 aliphatic rings. The smallest absolute Gasteiger partial charge is 0.139 e. The number of aromatic amines is 1. The lowest BCUT2D eigenvalue weighted by atomic mass is 10.2. The Morgan fingerprint density at radius 2 is 2.00 bits per heavy atom. The summed E-state index contributed by atoms with van der Waals surface area (Å²) in [6.45, 7) is 2.16. The number of aromatic nitrogens is 2. The predicted octanol–water partition coefficient (Wildman–Crippen LogP) is 4.48. The lowest BCUT2D eigenvalue weighted by Gasteiger charge is -2.06. The molecule has 1 N–H and O–H groups in total. The molecular formula is C14H16N2S2. The number of thioether (sulfide) groups is 1. The molecule has 0 atom stereocenters. The molecule has 1 aromatic heterocycles. The van der Waals surface area contributed by atoms with Gasteiger partial charge in [-0.2, -0.15) is 0 Å². The maximum Gasteiger partial charge on any atom is 0.139 e. The molecule has 0 amide bonds. The molecule has 94 valence electrons. The van der Waals surface area contributed by atoms with Crippen LogP contribution in [0, 0.1) is 4.64 Å². The molecule has 2 nitrogen and oxygen atoms in total. The second-order valence-electron chi connectivity index (χ2n) is 4.07. The first-order valence-corrected chi connectivity index (χ1v) is 7.61. The third-order valence-corrected chi connectivity index (χ3v) is 3.63. The summed E-state index contributed by atoms with van der Waals surface area (Å²) in [6, 6.07) is 10.3. The Morgan fingerprint density at radius 3 is 2.61 bits per heavy atom. The Bertz CT molecular complexity index is 573. The first kappa shape index (κ1) is 13.3. The fourth-order valence-corrected chi connectivity index (χ4v) is 2.44. The number of aryl methyl sites for hydroxylation is 1. The third-order valence-electron chi connectivity index (χ3n) is 2.68. The van der Waals surface area contributed by atoms with E-state index in [0.29, 0.717) is 4.64 Å². The molecule has 0 saturated carbocycles. The number of benzene rings is 1. The molecule has 18 heavy (non-hydrogen) atoms. The van der Waals surface area contributed by atoms with Crippen molar-refractivity contribution in [2.24, 2.45) is 0 Å². The van der Waals surface area contributed by atoms with E-state index in [4.69, 9.17) is 12.2 Å². The molecule has 0 radical (unpaired) electrons. The van der Waals surface area contributed by atoms with Crippen LogP contribution in [0.2, 0.25) is 0 Å². The Hall–Kier alpha value is -1.13. The number of hydrogen-bond acceptors (Lipinski definition) is 3. The van der Waals surface area contributed by atoms with Gasteiger partial charge in [-0.3, -0.25) is 0 Å². The first-order valence-electron chi connectivity index (χ1n) is 5.97. The minimum atomic E-state index is 0.654. The fourth-order valence-electron chi connectivity index (χ4n) is 1.80. The summed E-state index contributed by atoms with van der Waals surface area (Å²) >= 11 is 6.95. The van der Waals surface area contributed by atoms with Crippen LogP contribution < -0.4 is 0 Å². The topological polar surface area (TPSA) is 28.7 Å². The van der Waals surface area contributed by atoms with Gasteiger partial charge in [0, 0.05) is 16.2 Å². The summed E-state index contributed by atoms with van der Waals surface area (Å²) in [5.74, 6) is 0.860. The van der Waals surface area contributed by atoms with Gasteiger partial charge in [-0.15, -0.1) is 11.8 Å². The van der Waals surface area contributed by atoms with Gasteiger partial charge in [-0.05, 0) is 30.9 Å². The number of nitrogens with zero attached hydrogens (tertiary/aromatic N) is 1. The van der Waals surface area contributed by atoms with Crippen molar-refractivity contribution >= 4 is 24.0 Å². The second kappa shape index (κ2) is 6.16. The average molecular weight is 276 g/mol. The number of H-pyrrole nitrogens is 1. The molecule has 2 rings (SSSR count). The van der Waals surface area contributed by atoms with Crippen LogP contribution in [-0.2, 0) is 6.42 Å². The minimum Gasteiger partial charge on any atom is -0.343 e. The second-order valence-corrected chi connectivity index (χ2v) is 5.37. The van der Waals surface area contributed by atoms with E-state index in [1.807, 2.05) is 6.07 Å². The molecule has 0 aliphatic heterocycles. The van der Waals surface area contributed by atoms with Crippen LogP contribution in [0.3, 0.4) is 0 Å². The molecule has 0 saturated heterocycles. The molecule has 0 aliphatic carbocycles. The van der Waals surface area contributed by atoms with Crippen molar-refractivity contribution in [2.45, 2.75) is 24.7 Å². The lowest BCUT2D eigenvalue weighted by Crippen LogP contribution is -1.95. The molecule has 1 aromatic carbocycles. The highest BCUT2D eigenvalue weighted by atomic mass is 32.2. The summed E-state index contributed by atoms with van der Waals surface area (Å²) in [4.78, 5) is 9.00. The van der Waals surface area contributed by atoms with Crippen molar-refractivity contribution in [3.8, 4) is 11.4 Å². The molecule has 0 bridgehead atoms. The van der Waals surface area contributed by atoms with Crippen molar-refractivity contribution < 1.29 is 0 Å². The lowest BCUT2D eigenvalue weighted by molar-refractivity contribution is 0.873. The number of nitrogens with one attached hydrogen (secondary N) is 1. The van der Waals surface area contributed by atoms with Crippen LogP contribution in [0.5, 0.6) is 0 Å². The molecule has 0 spiro atoms. The van der Waals surface area contributed by atoms with Gasteiger partial charge >= 0.3 is 0 Å². The molecule has 1 heterocycles. The van der Waals surface area contributed by atoms with Crippen LogP contribution in [0.1, 0.15) is 19.0 Å². The number of hydrogen-bond donors (Lipinski definition) is 1. The van der Waals surface area contributed by atoms with E-state index in [-0.39, 0.29) is 0 Å². The first-order chi connectivity index (χ1) is 8.72. The van der Waals surface area contributed by atoms with Crippen LogP contribution in [-0.4, -0.2) is 16.2 Å². The molecule has 0 fully saturated rings. The fraction of sp³-hybridized carbons (Fsp3) is 0.286. The minimum absolute atomic E-state index is 0.654. The average Bonchev–Trinajstić information content (AvgIpc) is 2.38. The van der Waals surface area contributed by atoms with E-state index in [0.717, 1.165) is 29.9 Å². The van der Waals surface area contributed by atoms with E-state index in [9.17, 15) is 0 Å². The van der Waals surface area contributed by atoms with Crippen LogP contribution in [0.25, 0.3) is 11.4 Å². The monoisotopic (exact) mass is 276 g/mol. The zero-order valence-electron chi connectivity index (χ0n) is 10.6. The third kappa shape index (κ3) is 3.21. The summed E-state index contributed by atoms with van der Waals surface area (Å²) < 4.78 is 0.654. The summed E-state index contributed by atoms with van der Waals surface area (Å²) in [5, 5.41) is 0. The van der Waals surface area contributed by atoms with Crippen LogP contribution >= 0.6 is 24.0 Å². The largest absolute Gasteiger partial charge is 0.343 e. The van der Waals surface area contributed by atoms with Crippen molar-refractivity contribution in [1.82, 2.24) is 9.97 Å². The predicted molar refractivity (Wildman–Crippen MR) is 80.6 cm³/mol. The zero-order valence-corrected chi connectivity index (χ0v) is 12.2. The quantitative estimate of drug-likeness (QED) is 0.659. The SMILES string of the molecule is CCCc1cc(=S)nc(-c2ccc(SC)cc2)[nH]1.